The van der Waals surface area contributed by atoms with Gasteiger partial charge in [0.1, 0.15) is 0 Å². The van der Waals surface area contributed by atoms with E-state index in [4.69, 9.17) is 24.9 Å². The Bertz CT molecular complexity index is 3440. The van der Waals surface area contributed by atoms with Gasteiger partial charge in [-0.25, -0.2) is 15.0 Å². The van der Waals surface area contributed by atoms with Crippen LogP contribution in [0.15, 0.2) is 200 Å². The van der Waals surface area contributed by atoms with Crippen LogP contribution in [-0.4, -0.2) is 24.9 Å². The first-order valence-electron chi connectivity index (χ1n) is 20.1. The second kappa shape index (κ2) is 13.8. The summed E-state index contributed by atoms with van der Waals surface area (Å²) in [6.07, 6.45) is 3.64. The molecule has 60 heavy (non-hydrogen) atoms. The number of pyridine rings is 2. The van der Waals surface area contributed by atoms with E-state index in [1.165, 1.54) is 43.1 Å². The number of aromatic nitrogens is 5. The molecule has 12 aromatic rings. The Balaban J connectivity index is 1.16. The van der Waals surface area contributed by atoms with Crippen molar-refractivity contribution < 1.29 is 0 Å². The van der Waals surface area contributed by atoms with Crippen molar-refractivity contribution in [3.63, 3.8) is 0 Å². The van der Waals surface area contributed by atoms with Crippen LogP contribution in [0.25, 0.3) is 121 Å². The highest BCUT2D eigenvalue weighted by molar-refractivity contribution is 6.08. The van der Waals surface area contributed by atoms with Gasteiger partial charge in [0.2, 0.25) is 0 Å². The van der Waals surface area contributed by atoms with Gasteiger partial charge in [-0.15, -0.1) is 0 Å². The first kappa shape index (κ1) is 33.9. The minimum atomic E-state index is 0.549. The quantitative estimate of drug-likeness (QED) is 0.163. The third-order valence-corrected chi connectivity index (χ3v) is 11.7. The average molecular weight is 764 g/mol. The number of hydrogen-bond donors (Lipinski definition) is 0. The lowest BCUT2D eigenvalue weighted by molar-refractivity contribution is 1.08. The predicted molar refractivity (Wildman–Crippen MR) is 248 cm³/mol. The van der Waals surface area contributed by atoms with Gasteiger partial charge in [0.05, 0.1) is 11.0 Å². The van der Waals surface area contributed by atoms with Crippen LogP contribution in [0.5, 0.6) is 0 Å². The smallest absolute Gasteiger partial charge is 0.166 e. The van der Waals surface area contributed by atoms with E-state index in [2.05, 4.69) is 152 Å². The molecular weight excluding hydrogens is 731 g/mol. The van der Waals surface area contributed by atoms with Gasteiger partial charge in [0.15, 0.2) is 17.5 Å². The summed E-state index contributed by atoms with van der Waals surface area (Å²) >= 11 is 0. The Labute approximate surface area is 345 Å². The normalized spacial score (nSPS) is 11.7. The zero-order chi connectivity index (χ0) is 39.6. The highest BCUT2D eigenvalue weighted by Crippen LogP contribution is 2.40. The molecule has 0 spiro atoms. The highest BCUT2D eigenvalue weighted by Gasteiger charge is 2.19. The maximum absolute atomic E-state index is 5.32. The molecule has 0 radical (unpaired) electrons. The lowest BCUT2D eigenvalue weighted by Crippen LogP contribution is -2.02. The maximum atomic E-state index is 5.32. The van der Waals surface area contributed by atoms with E-state index < -0.39 is 0 Å². The number of nitrogens with zero attached hydrogens (tertiary/aromatic N) is 5. The van der Waals surface area contributed by atoms with Crippen molar-refractivity contribution in [1.29, 1.82) is 0 Å². The first-order chi connectivity index (χ1) is 29.7. The topological polar surface area (TPSA) is 64.5 Å². The van der Waals surface area contributed by atoms with Crippen LogP contribution < -0.4 is 0 Å². The predicted octanol–water partition coefficient (Wildman–Crippen LogP) is 13.9. The molecular formula is C55H33N5. The molecule has 0 saturated carbocycles. The van der Waals surface area contributed by atoms with Crippen molar-refractivity contribution in [2.24, 2.45) is 0 Å². The Morgan fingerprint density at radius 2 is 0.617 bits per heavy atom. The van der Waals surface area contributed by atoms with E-state index in [-0.39, 0.29) is 0 Å². The number of fused-ring (bicyclic) bond motifs is 6. The van der Waals surface area contributed by atoms with Crippen LogP contribution >= 0.6 is 0 Å². The first-order valence-corrected chi connectivity index (χ1v) is 20.1. The van der Waals surface area contributed by atoms with Crippen molar-refractivity contribution in [3.8, 4) is 56.4 Å². The standard InChI is InChI=1S/C55H33N5/c1-3-13-38-32-49-40(27-36(38)11-1)17-7-21-45(49)42-29-43(46-22-8-18-41-28-37-12-2-4-14-39(37)33-50(41)46)31-44(30-42)53-58-54(47-23-5-15-34-19-9-25-56-51(34)47)60-55(59-53)48-24-6-16-35-20-10-26-57-52(35)48/h1-33H. The van der Waals surface area contributed by atoms with Gasteiger partial charge in [-0.3, -0.25) is 9.97 Å². The van der Waals surface area contributed by atoms with Crippen LogP contribution in [0.2, 0.25) is 0 Å². The van der Waals surface area contributed by atoms with E-state index >= 15 is 0 Å². The molecule has 3 heterocycles. The fraction of sp³-hybridized carbons (Fsp3) is 0. The van der Waals surface area contributed by atoms with Gasteiger partial charge in [0, 0.05) is 39.9 Å². The summed E-state index contributed by atoms with van der Waals surface area (Å²) in [5, 5.41) is 11.6. The second-order valence-electron chi connectivity index (χ2n) is 15.3. The maximum Gasteiger partial charge on any atom is 0.166 e. The summed E-state index contributed by atoms with van der Waals surface area (Å²) in [5.41, 5.74) is 8.64. The molecule has 0 fully saturated rings. The zero-order valence-electron chi connectivity index (χ0n) is 32.3. The van der Waals surface area contributed by atoms with Gasteiger partial charge in [-0.2, -0.15) is 0 Å². The fourth-order valence-corrected chi connectivity index (χ4v) is 8.82. The van der Waals surface area contributed by atoms with Crippen LogP contribution in [-0.2, 0) is 0 Å². The largest absolute Gasteiger partial charge is 0.255 e. The fourth-order valence-electron chi connectivity index (χ4n) is 8.82. The Kier molecular flexibility index (Phi) is 7.78. The lowest BCUT2D eigenvalue weighted by atomic mass is 9.90. The van der Waals surface area contributed by atoms with E-state index in [0.29, 0.717) is 17.5 Å². The molecule has 3 aromatic heterocycles. The van der Waals surface area contributed by atoms with E-state index in [1.807, 2.05) is 48.8 Å². The van der Waals surface area contributed by atoms with Crippen LogP contribution in [0.3, 0.4) is 0 Å². The summed E-state index contributed by atoms with van der Waals surface area (Å²) in [6.45, 7) is 0. The summed E-state index contributed by atoms with van der Waals surface area (Å²) in [6, 6.07) is 66.7. The Morgan fingerprint density at radius 1 is 0.250 bits per heavy atom. The molecule has 278 valence electrons. The van der Waals surface area contributed by atoms with Crippen molar-refractivity contribution in [1.82, 2.24) is 24.9 Å². The van der Waals surface area contributed by atoms with Crippen molar-refractivity contribution in [3.05, 3.63) is 200 Å². The van der Waals surface area contributed by atoms with Gasteiger partial charge in [0.25, 0.3) is 0 Å². The Hall–Kier alpha value is -8.15. The molecule has 0 saturated heterocycles. The average Bonchev–Trinajstić information content (AvgIpc) is 3.31. The Morgan fingerprint density at radius 3 is 1.10 bits per heavy atom. The van der Waals surface area contributed by atoms with E-state index in [1.54, 1.807) is 0 Å². The van der Waals surface area contributed by atoms with Crippen LogP contribution in [0.1, 0.15) is 0 Å². The molecule has 0 amide bonds. The van der Waals surface area contributed by atoms with Crippen molar-refractivity contribution in [2.75, 3.05) is 0 Å². The molecule has 0 bridgehead atoms. The van der Waals surface area contributed by atoms with Crippen molar-refractivity contribution >= 4 is 64.9 Å². The minimum Gasteiger partial charge on any atom is -0.255 e. The molecule has 5 heteroatoms. The van der Waals surface area contributed by atoms with Gasteiger partial charge in [-0.05, 0) is 132 Å². The summed E-state index contributed by atoms with van der Waals surface area (Å²) in [7, 11) is 0. The number of rotatable bonds is 5. The molecule has 5 nitrogen and oxygen atoms in total. The molecule has 0 aliphatic carbocycles. The van der Waals surface area contributed by atoms with Crippen LogP contribution in [0.4, 0.5) is 0 Å². The van der Waals surface area contributed by atoms with E-state index in [0.717, 1.165) is 60.8 Å². The number of hydrogen-bond acceptors (Lipinski definition) is 5. The van der Waals surface area contributed by atoms with Crippen molar-refractivity contribution in [2.45, 2.75) is 0 Å². The molecule has 9 aromatic carbocycles. The van der Waals surface area contributed by atoms with Gasteiger partial charge in [-0.1, -0.05) is 121 Å². The monoisotopic (exact) mass is 763 g/mol. The van der Waals surface area contributed by atoms with Crippen LogP contribution in [0, 0.1) is 0 Å². The molecule has 0 atom stereocenters. The third kappa shape index (κ3) is 5.75. The summed E-state index contributed by atoms with van der Waals surface area (Å²) < 4.78 is 0. The molecule has 0 aliphatic heterocycles. The lowest BCUT2D eigenvalue weighted by Gasteiger charge is -2.16. The number of para-hydroxylation sites is 2. The number of benzene rings is 9. The highest BCUT2D eigenvalue weighted by atomic mass is 15.0. The third-order valence-electron chi connectivity index (χ3n) is 11.7. The zero-order valence-corrected chi connectivity index (χ0v) is 32.3. The van der Waals surface area contributed by atoms with E-state index in [9.17, 15) is 0 Å². The molecule has 0 aliphatic rings. The second-order valence-corrected chi connectivity index (χ2v) is 15.3. The van der Waals surface area contributed by atoms with Gasteiger partial charge < -0.3 is 0 Å². The summed E-state index contributed by atoms with van der Waals surface area (Å²) in [5.74, 6) is 1.66. The minimum absolute atomic E-state index is 0.549. The SMILES string of the molecule is c1ccc2cc3c(-c4cc(-c5nc(-c6cccc7cccnc67)nc(-c6cccc7cccnc67)n5)cc(-c5cccc6cc7ccccc7cc56)c4)cccc3cc2c1. The summed E-state index contributed by atoms with van der Waals surface area (Å²) in [4.78, 5) is 25.5. The molecule has 0 unspecified atom stereocenters. The molecule has 12 rings (SSSR count). The van der Waals surface area contributed by atoms with Gasteiger partial charge >= 0.3 is 0 Å². The molecule has 0 N–H and O–H groups in total.